The van der Waals surface area contributed by atoms with Crippen LogP contribution in [0.3, 0.4) is 0 Å². The van der Waals surface area contributed by atoms with Crippen molar-refractivity contribution in [2.24, 2.45) is 5.41 Å². The summed E-state index contributed by atoms with van der Waals surface area (Å²) in [6.45, 7) is 5.09. The molecule has 4 aromatic rings. The van der Waals surface area contributed by atoms with Gasteiger partial charge in [0, 0.05) is 42.8 Å². The number of ether oxygens (including phenoxy) is 1. The Hall–Kier alpha value is -2.65. The maximum absolute atomic E-state index is 5.88. The Morgan fingerprint density at radius 1 is 1.13 bits per heavy atom. The molecule has 8 nitrogen and oxygen atoms in total. The quantitative estimate of drug-likeness (QED) is 0.541. The minimum atomic E-state index is 0.358. The van der Waals surface area contributed by atoms with Crippen LogP contribution in [0.1, 0.15) is 26.2 Å². The Balaban J connectivity index is 1.29. The Bertz CT molecular complexity index is 1210. The van der Waals surface area contributed by atoms with Crippen LogP contribution in [0, 0.1) is 5.41 Å². The molecule has 0 aromatic carbocycles. The summed E-state index contributed by atoms with van der Waals surface area (Å²) < 4.78 is 7.99. The van der Waals surface area contributed by atoms with E-state index in [9.17, 15) is 0 Å². The largest absolute Gasteiger partial charge is 0.378 e. The molecule has 2 saturated heterocycles. The van der Waals surface area contributed by atoms with Gasteiger partial charge in [0.2, 0.25) is 5.95 Å². The molecule has 0 amide bonds. The van der Waals surface area contributed by atoms with Crippen LogP contribution in [-0.2, 0) is 4.74 Å². The van der Waals surface area contributed by atoms with E-state index in [1.807, 2.05) is 24.7 Å². The van der Waals surface area contributed by atoms with Gasteiger partial charge >= 0.3 is 0 Å². The van der Waals surface area contributed by atoms with Gasteiger partial charge in [-0.1, -0.05) is 11.8 Å². The SMILES string of the molecule is C[C@H]1CC2(CCN(c3ncc(Sc4ccnc5nc[nH]c45)c4nccn34)CC2)CO1. The van der Waals surface area contributed by atoms with E-state index < -0.39 is 0 Å². The van der Waals surface area contributed by atoms with Crippen molar-refractivity contribution in [2.75, 3.05) is 24.6 Å². The van der Waals surface area contributed by atoms with Crippen LogP contribution in [0.15, 0.2) is 47.0 Å². The first kappa shape index (κ1) is 18.1. The molecular weight excluding hydrogens is 398 g/mol. The van der Waals surface area contributed by atoms with Gasteiger partial charge < -0.3 is 14.6 Å². The molecule has 9 heteroatoms. The predicted molar refractivity (Wildman–Crippen MR) is 115 cm³/mol. The number of aromatic amines is 1. The maximum Gasteiger partial charge on any atom is 0.211 e. The summed E-state index contributed by atoms with van der Waals surface area (Å²) in [7, 11) is 0. The van der Waals surface area contributed by atoms with Crippen molar-refractivity contribution in [1.82, 2.24) is 29.3 Å². The molecule has 0 aliphatic carbocycles. The molecule has 2 fully saturated rings. The zero-order valence-corrected chi connectivity index (χ0v) is 17.6. The summed E-state index contributed by atoms with van der Waals surface area (Å²) in [6.07, 6.45) is 13.1. The molecule has 154 valence electrons. The first-order valence-corrected chi connectivity index (χ1v) is 11.2. The minimum Gasteiger partial charge on any atom is -0.378 e. The normalized spacial score (nSPS) is 21.2. The molecule has 0 saturated carbocycles. The van der Waals surface area contributed by atoms with E-state index in [0.29, 0.717) is 11.5 Å². The van der Waals surface area contributed by atoms with Crippen molar-refractivity contribution in [3.8, 4) is 0 Å². The van der Waals surface area contributed by atoms with Crippen molar-refractivity contribution in [2.45, 2.75) is 42.1 Å². The molecule has 1 N–H and O–H groups in total. The number of nitrogens with zero attached hydrogens (tertiary/aromatic N) is 6. The fourth-order valence-electron chi connectivity index (χ4n) is 4.79. The first-order chi connectivity index (χ1) is 14.7. The lowest BCUT2D eigenvalue weighted by atomic mass is 9.77. The third kappa shape index (κ3) is 2.95. The van der Waals surface area contributed by atoms with Gasteiger partial charge in [-0.25, -0.2) is 19.9 Å². The monoisotopic (exact) mass is 421 g/mol. The molecular formula is C21H23N7OS. The number of fused-ring (bicyclic) bond motifs is 2. The molecule has 0 bridgehead atoms. The fourth-order valence-corrected chi connectivity index (χ4v) is 5.76. The molecule has 1 spiro atoms. The van der Waals surface area contributed by atoms with Crippen LogP contribution in [0.4, 0.5) is 5.95 Å². The third-order valence-electron chi connectivity index (χ3n) is 6.38. The summed E-state index contributed by atoms with van der Waals surface area (Å²) in [5, 5.41) is 0. The molecule has 6 rings (SSSR count). The summed E-state index contributed by atoms with van der Waals surface area (Å²) in [6, 6.07) is 1.99. The average Bonchev–Trinajstić information content (AvgIpc) is 3.50. The van der Waals surface area contributed by atoms with E-state index in [2.05, 4.69) is 36.2 Å². The number of nitrogens with one attached hydrogen (secondary N) is 1. The predicted octanol–water partition coefficient (Wildman–Crippen LogP) is 3.55. The average molecular weight is 422 g/mol. The highest BCUT2D eigenvalue weighted by molar-refractivity contribution is 7.99. The molecule has 30 heavy (non-hydrogen) atoms. The maximum atomic E-state index is 5.88. The number of hydrogen-bond donors (Lipinski definition) is 1. The molecule has 0 radical (unpaired) electrons. The Labute approximate surface area is 178 Å². The summed E-state index contributed by atoms with van der Waals surface area (Å²) in [4.78, 5) is 25.7. The van der Waals surface area contributed by atoms with Crippen LogP contribution in [0.2, 0.25) is 0 Å². The smallest absolute Gasteiger partial charge is 0.211 e. The Kier molecular flexibility index (Phi) is 4.21. The number of aromatic nitrogens is 6. The van der Waals surface area contributed by atoms with Gasteiger partial charge in [-0.3, -0.25) is 4.40 Å². The van der Waals surface area contributed by atoms with Crippen LogP contribution >= 0.6 is 11.8 Å². The highest BCUT2D eigenvalue weighted by Crippen LogP contribution is 2.42. The number of hydrogen-bond acceptors (Lipinski definition) is 7. The number of imidazole rings is 2. The molecule has 1 atom stereocenters. The first-order valence-electron chi connectivity index (χ1n) is 10.4. The third-order valence-corrected chi connectivity index (χ3v) is 7.45. The zero-order chi connectivity index (χ0) is 20.1. The van der Waals surface area contributed by atoms with Crippen molar-refractivity contribution in [3.63, 3.8) is 0 Å². The number of rotatable bonds is 3. The lowest BCUT2D eigenvalue weighted by Crippen LogP contribution is -2.41. The Morgan fingerprint density at radius 3 is 2.87 bits per heavy atom. The van der Waals surface area contributed by atoms with Crippen molar-refractivity contribution in [1.29, 1.82) is 0 Å². The van der Waals surface area contributed by atoms with Gasteiger partial charge in [-0.15, -0.1) is 0 Å². The number of pyridine rings is 1. The minimum absolute atomic E-state index is 0.358. The van der Waals surface area contributed by atoms with E-state index in [0.717, 1.165) is 65.1 Å². The second kappa shape index (κ2) is 6.95. The number of H-pyrrole nitrogens is 1. The van der Waals surface area contributed by atoms with Crippen LogP contribution in [0.25, 0.3) is 16.8 Å². The van der Waals surface area contributed by atoms with Gasteiger partial charge in [0.25, 0.3) is 0 Å². The second-order valence-corrected chi connectivity index (χ2v) is 9.45. The summed E-state index contributed by atoms with van der Waals surface area (Å²) >= 11 is 1.63. The summed E-state index contributed by atoms with van der Waals surface area (Å²) in [5.74, 6) is 0.968. The van der Waals surface area contributed by atoms with Crippen LogP contribution in [0.5, 0.6) is 0 Å². The van der Waals surface area contributed by atoms with Crippen molar-refractivity contribution in [3.05, 3.63) is 37.2 Å². The lowest BCUT2D eigenvalue weighted by Gasteiger charge is -2.39. The highest BCUT2D eigenvalue weighted by atomic mass is 32.2. The van der Waals surface area contributed by atoms with Gasteiger partial charge in [0.1, 0.15) is 0 Å². The van der Waals surface area contributed by atoms with Gasteiger partial charge in [0.15, 0.2) is 11.3 Å². The van der Waals surface area contributed by atoms with Crippen molar-refractivity contribution < 1.29 is 4.74 Å². The van der Waals surface area contributed by atoms with Gasteiger partial charge in [0.05, 0.1) is 29.5 Å². The molecule has 6 heterocycles. The van der Waals surface area contributed by atoms with Gasteiger partial charge in [-0.2, -0.15) is 0 Å². The lowest BCUT2D eigenvalue weighted by molar-refractivity contribution is 0.0975. The van der Waals surface area contributed by atoms with E-state index in [1.54, 1.807) is 24.3 Å². The molecule has 2 aliphatic rings. The standard InChI is InChI=1S/C21H23N7OS/c1-14-10-21(12-29-14)3-7-27(8-4-21)20-24-11-16(19-23-6-9-28(19)20)30-15-2-5-22-18-17(15)25-13-26-18/h2,5-6,9,11,13-14H,3-4,7-8,10,12H2,1H3,(H,22,25,26)/t14-/m0/s1. The topological polar surface area (TPSA) is 84.2 Å². The van der Waals surface area contributed by atoms with E-state index in [-0.39, 0.29) is 0 Å². The zero-order valence-electron chi connectivity index (χ0n) is 16.8. The molecule has 2 aliphatic heterocycles. The van der Waals surface area contributed by atoms with Crippen LogP contribution in [-0.4, -0.2) is 55.1 Å². The second-order valence-electron chi connectivity index (χ2n) is 8.37. The Morgan fingerprint density at radius 2 is 2.03 bits per heavy atom. The number of anilines is 1. The fraction of sp³-hybridized carbons (Fsp3) is 0.429. The number of piperidine rings is 1. The molecule has 0 unspecified atom stereocenters. The van der Waals surface area contributed by atoms with Gasteiger partial charge in [-0.05, 0) is 37.7 Å². The highest BCUT2D eigenvalue weighted by Gasteiger charge is 2.41. The van der Waals surface area contributed by atoms with E-state index >= 15 is 0 Å². The van der Waals surface area contributed by atoms with Crippen LogP contribution < -0.4 is 4.90 Å². The van der Waals surface area contributed by atoms with E-state index in [1.165, 1.54) is 6.42 Å². The van der Waals surface area contributed by atoms with E-state index in [4.69, 9.17) is 9.72 Å². The summed E-state index contributed by atoms with van der Waals surface area (Å²) in [5.41, 5.74) is 2.94. The van der Waals surface area contributed by atoms with Crippen molar-refractivity contribution >= 4 is 34.5 Å². The molecule has 4 aromatic heterocycles.